The van der Waals surface area contributed by atoms with E-state index in [1.54, 1.807) is 25.7 Å². The molecule has 1 rings (SSSR count). The second-order valence-electron chi connectivity index (χ2n) is 12.3. The highest BCUT2D eigenvalue weighted by atomic mass is 16.6. The average molecular weight is 560 g/mol. The molecule has 1 aromatic rings. The van der Waals surface area contributed by atoms with E-state index in [-0.39, 0.29) is 17.7 Å². The fraction of sp³-hybridized carbons (Fsp3) is 0.727. The van der Waals surface area contributed by atoms with Gasteiger partial charge in [0.15, 0.2) is 0 Å². The van der Waals surface area contributed by atoms with Gasteiger partial charge >= 0.3 is 6.09 Å². The number of carbonyl (C=O) groups excluding carboxylic acids is 3. The van der Waals surface area contributed by atoms with Crippen molar-refractivity contribution in [1.82, 2.24) is 15.5 Å². The van der Waals surface area contributed by atoms with Crippen molar-refractivity contribution < 1.29 is 19.1 Å². The lowest BCUT2D eigenvalue weighted by molar-refractivity contribution is -0.143. The van der Waals surface area contributed by atoms with E-state index in [4.69, 9.17) is 4.74 Å². The first-order valence-corrected chi connectivity index (χ1v) is 15.6. The molecule has 0 fully saturated rings. The number of nitrogens with one attached hydrogen (secondary N) is 2. The maximum atomic E-state index is 14.3. The Labute approximate surface area is 244 Å². The van der Waals surface area contributed by atoms with Crippen LogP contribution in [0.1, 0.15) is 130 Å². The van der Waals surface area contributed by atoms with Crippen molar-refractivity contribution >= 4 is 17.9 Å². The van der Waals surface area contributed by atoms with E-state index in [1.165, 1.54) is 24.8 Å². The van der Waals surface area contributed by atoms with Crippen molar-refractivity contribution in [3.8, 4) is 0 Å². The summed E-state index contributed by atoms with van der Waals surface area (Å²) in [6, 6.07) is 6.41. The van der Waals surface area contributed by atoms with Crippen molar-refractivity contribution in [2.24, 2.45) is 5.92 Å². The van der Waals surface area contributed by atoms with Gasteiger partial charge in [0.2, 0.25) is 11.8 Å². The lowest BCUT2D eigenvalue weighted by Crippen LogP contribution is -2.53. The summed E-state index contributed by atoms with van der Waals surface area (Å²) in [6.07, 6.45) is 8.97. The van der Waals surface area contributed by atoms with Gasteiger partial charge in [0.05, 0.1) is 0 Å². The Hall–Kier alpha value is -2.57. The molecule has 0 aromatic heterocycles. The SMILES string of the molecule is CCCCCCCCN(C(=O)C(CC(C)C)NC(=O)OC(C)(C)C)C(C(=O)NCCCC)c1ccc(CC)cc1. The number of hydrogen-bond acceptors (Lipinski definition) is 4. The molecule has 2 N–H and O–H groups in total. The number of unbranched alkanes of at least 4 members (excludes halogenated alkanes) is 6. The zero-order valence-corrected chi connectivity index (χ0v) is 26.6. The first kappa shape index (κ1) is 35.5. The van der Waals surface area contributed by atoms with Crippen LogP contribution in [0.2, 0.25) is 0 Å². The van der Waals surface area contributed by atoms with Gasteiger partial charge in [-0.25, -0.2) is 4.79 Å². The van der Waals surface area contributed by atoms with E-state index in [2.05, 4.69) is 31.4 Å². The molecule has 0 bridgehead atoms. The highest BCUT2D eigenvalue weighted by Crippen LogP contribution is 2.25. The molecule has 1 aromatic carbocycles. The van der Waals surface area contributed by atoms with Crippen LogP contribution < -0.4 is 10.6 Å². The molecule has 0 aliphatic carbocycles. The zero-order valence-electron chi connectivity index (χ0n) is 26.6. The van der Waals surface area contributed by atoms with Gasteiger partial charge in [-0.3, -0.25) is 9.59 Å². The monoisotopic (exact) mass is 559 g/mol. The summed E-state index contributed by atoms with van der Waals surface area (Å²) in [6.45, 7) is 16.8. The minimum absolute atomic E-state index is 0.153. The molecule has 40 heavy (non-hydrogen) atoms. The Bertz CT molecular complexity index is 877. The second-order valence-corrected chi connectivity index (χ2v) is 12.3. The topological polar surface area (TPSA) is 87.7 Å². The van der Waals surface area contributed by atoms with Gasteiger partial charge in [0.1, 0.15) is 17.7 Å². The summed E-state index contributed by atoms with van der Waals surface area (Å²) in [5.41, 5.74) is 1.27. The lowest BCUT2D eigenvalue weighted by Gasteiger charge is -2.35. The molecule has 0 radical (unpaired) electrons. The van der Waals surface area contributed by atoms with Gasteiger partial charge in [-0.05, 0) is 63.5 Å². The van der Waals surface area contributed by atoms with E-state index in [9.17, 15) is 14.4 Å². The molecule has 0 saturated heterocycles. The summed E-state index contributed by atoms with van der Waals surface area (Å²) in [5, 5.41) is 5.91. The third-order valence-electron chi connectivity index (χ3n) is 6.83. The Morgan fingerprint density at radius 3 is 2.02 bits per heavy atom. The number of carbonyl (C=O) groups is 3. The normalized spacial score (nSPS) is 13.0. The Morgan fingerprint density at radius 1 is 0.875 bits per heavy atom. The minimum atomic E-state index is -0.796. The van der Waals surface area contributed by atoms with E-state index < -0.39 is 23.8 Å². The molecular weight excluding hydrogens is 502 g/mol. The summed E-state index contributed by atoms with van der Waals surface area (Å²) in [4.78, 5) is 42.5. The third-order valence-corrected chi connectivity index (χ3v) is 6.83. The van der Waals surface area contributed by atoms with E-state index in [1.807, 2.05) is 38.1 Å². The fourth-order valence-electron chi connectivity index (χ4n) is 4.67. The predicted molar refractivity (Wildman–Crippen MR) is 164 cm³/mol. The molecule has 0 heterocycles. The number of ether oxygens (including phenoxy) is 1. The number of aryl methyl sites for hydroxylation is 1. The van der Waals surface area contributed by atoms with Crippen LogP contribution in [0, 0.1) is 5.92 Å². The van der Waals surface area contributed by atoms with E-state index in [0.29, 0.717) is 19.5 Å². The maximum Gasteiger partial charge on any atom is 0.408 e. The molecule has 2 atom stereocenters. The van der Waals surface area contributed by atoms with Gasteiger partial charge in [0.25, 0.3) is 0 Å². The summed E-state index contributed by atoms with van der Waals surface area (Å²) < 4.78 is 5.50. The molecule has 228 valence electrons. The molecule has 0 saturated carbocycles. The van der Waals surface area contributed by atoms with Crippen molar-refractivity contribution in [3.63, 3.8) is 0 Å². The molecule has 3 amide bonds. The predicted octanol–water partition coefficient (Wildman–Crippen LogP) is 7.33. The van der Waals surface area contributed by atoms with Crippen LogP contribution >= 0.6 is 0 Å². The van der Waals surface area contributed by atoms with Crippen molar-refractivity contribution in [2.45, 2.75) is 137 Å². The van der Waals surface area contributed by atoms with E-state index in [0.717, 1.165) is 44.1 Å². The number of benzene rings is 1. The second kappa shape index (κ2) is 18.7. The molecule has 0 spiro atoms. The molecule has 7 heteroatoms. The van der Waals surface area contributed by atoms with Gasteiger partial charge in [-0.15, -0.1) is 0 Å². The van der Waals surface area contributed by atoms with Crippen LogP contribution in [-0.2, 0) is 20.7 Å². The van der Waals surface area contributed by atoms with E-state index >= 15 is 0 Å². The van der Waals surface area contributed by atoms with Gasteiger partial charge < -0.3 is 20.3 Å². The van der Waals surface area contributed by atoms with Gasteiger partial charge in [0, 0.05) is 13.1 Å². The maximum absolute atomic E-state index is 14.3. The van der Waals surface area contributed by atoms with Crippen LogP contribution in [-0.4, -0.2) is 47.5 Å². The highest BCUT2D eigenvalue weighted by molar-refractivity contribution is 5.92. The summed E-state index contributed by atoms with van der Waals surface area (Å²) in [5.74, 6) is -0.277. The largest absolute Gasteiger partial charge is 0.444 e. The van der Waals surface area contributed by atoms with Crippen LogP contribution in [0.4, 0.5) is 4.79 Å². The van der Waals surface area contributed by atoms with Crippen LogP contribution in [0.3, 0.4) is 0 Å². The number of amides is 3. The highest BCUT2D eigenvalue weighted by Gasteiger charge is 2.36. The molecule has 7 nitrogen and oxygen atoms in total. The van der Waals surface area contributed by atoms with Crippen molar-refractivity contribution in [3.05, 3.63) is 35.4 Å². The minimum Gasteiger partial charge on any atom is -0.444 e. The Balaban J connectivity index is 3.42. The van der Waals surface area contributed by atoms with Crippen LogP contribution in [0.25, 0.3) is 0 Å². The number of nitrogens with zero attached hydrogens (tertiary/aromatic N) is 1. The lowest BCUT2D eigenvalue weighted by atomic mass is 9.97. The molecule has 0 aliphatic heterocycles. The number of hydrogen-bond donors (Lipinski definition) is 2. The van der Waals surface area contributed by atoms with Crippen LogP contribution in [0.15, 0.2) is 24.3 Å². The smallest absolute Gasteiger partial charge is 0.408 e. The Morgan fingerprint density at radius 2 is 1.48 bits per heavy atom. The zero-order chi connectivity index (χ0) is 30.1. The third kappa shape index (κ3) is 13.7. The summed E-state index contributed by atoms with van der Waals surface area (Å²) in [7, 11) is 0. The Kier molecular flexibility index (Phi) is 16.6. The average Bonchev–Trinajstić information content (AvgIpc) is 2.88. The van der Waals surface area contributed by atoms with Crippen LogP contribution in [0.5, 0.6) is 0 Å². The van der Waals surface area contributed by atoms with Crippen molar-refractivity contribution in [1.29, 1.82) is 0 Å². The standard InChI is InChI=1S/C33H57N3O4/c1-9-12-14-15-16-17-23-36(31(38)28(24-25(4)5)35-32(39)40-33(6,7)8)29(30(37)34-22-13-10-2)27-20-18-26(11-3)19-21-27/h18-21,25,28-29H,9-17,22-24H2,1-8H3,(H,34,37)(H,35,39). The fourth-order valence-corrected chi connectivity index (χ4v) is 4.67. The van der Waals surface area contributed by atoms with Gasteiger partial charge in [-0.2, -0.15) is 0 Å². The molecule has 2 unspecified atom stereocenters. The number of rotatable bonds is 18. The first-order chi connectivity index (χ1) is 18.9. The van der Waals surface area contributed by atoms with Gasteiger partial charge in [-0.1, -0.05) is 97.4 Å². The van der Waals surface area contributed by atoms with Crippen molar-refractivity contribution in [2.75, 3.05) is 13.1 Å². The molecular formula is C33H57N3O4. The first-order valence-electron chi connectivity index (χ1n) is 15.6. The summed E-state index contributed by atoms with van der Waals surface area (Å²) >= 11 is 0. The molecule has 0 aliphatic rings. The quantitative estimate of drug-likeness (QED) is 0.184. The number of alkyl carbamates (subject to hydrolysis) is 1.